The third-order valence-corrected chi connectivity index (χ3v) is 9.03. The smallest absolute Gasteiger partial charge is 0.370 e. The van der Waals surface area contributed by atoms with Crippen molar-refractivity contribution in [2.24, 2.45) is 23.2 Å². The Morgan fingerprint density at radius 1 is 1.18 bits per heavy atom. The summed E-state index contributed by atoms with van der Waals surface area (Å²) in [6.45, 7) is 11.2. The van der Waals surface area contributed by atoms with Crippen molar-refractivity contribution in [3.63, 3.8) is 0 Å². The Morgan fingerprint density at radius 3 is 2.33 bits per heavy atom. The molecule has 3 heterocycles. The summed E-state index contributed by atoms with van der Waals surface area (Å²) in [5.74, 6) is -4.72. The number of fused-ring (bicyclic) bond motifs is 1. The molecule has 4 aliphatic rings. The quantitative estimate of drug-likeness (QED) is 0.427. The zero-order chi connectivity index (χ0) is 30.0. The number of likely N-dealkylation sites (tertiary alicyclic amines) is 1. The molecule has 7 atom stereocenters. The van der Waals surface area contributed by atoms with Crippen LogP contribution in [-0.4, -0.2) is 76.6 Å². The molecule has 4 fully saturated rings. The van der Waals surface area contributed by atoms with E-state index in [1.54, 1.807) is 13.8 Å². The van der Waals surface area contributed by atoms with Gasteiger partial charge < -0.3 is 25.6 Å². The van der Waals surface area contributed by atoms with Gasteiger partial charge in [0, 0.05) is 18.0 Å². The van der Waals surface area contributed by atoms with Gasteiger partial charge in [0.2, 0.25) is 17.7 Å². The first kappa shape index (κ1) is 30.1. The van der Waals surface area contributed by atoms with Gasteiger partial charge >= 0.3 is 12.1 Å². The van der Waals surface area contributed by atoms with Crippen LogP contribution in [0.3, 0.4) is 0 Å². The lowest BCUT2D eigenvalue weighted by Crippen LogP contribution is -2.61. The molecule has 13 heteroatoms. The van der Waals surface area contributed by atoms with E-state index in [9.17, 15) is 37.6 Å². The molecular formula is C27H38F3N5O5. The fourth-order valence-corrected chi connectivity index (χ4v) is 6.85. The molecule has 0 radical (unpaired) electrons. The number of halogens is 3. The number of piperidine rings is 1. The number of hydrogen-bond donors (Lipinski definition) is 3. The maximum absolute atomic E-state index is 13.8. The van der Waals surface area contributed by atoms with Crippen molar-refractivity contribution < 1.29 is 37.1 Å². The fraction of sp³-hybridized carbons (Fsp3) is 0.815. The van der Waals surface area contributed by atoms with E-state index in [1.165, 1.54) is 4.90 Å². The van der Waals surface area contributed by atoms with Crippen LogP contribution in [0.15, 0.2) is 0 Å². The number of nitrogens with one attached hydrogen (secondary N) is 3. The molecular weight excluding hydrogens is 531 g/mol. The van der Waals surface area contributed by atoms with Gasteiger partial charge in [0.25, 0.3) is 0 Å². The number of hydrogen-bond acceptors (Lipinski definition) is 6. The number of amides is 4. The van der Waals surface area contributed by atoms with E-state index in [0.29, 0.717) is 12.8 Å². The van der Waals surface area contributed by atoms with Gasteiger partial charge in [-0.1, -0.05) is 13.8 Å². The zero-order valence-corrected chi connectivity index (χ0v) is 23.6. The Bertz CT molecular complexity index is 1130. The molecule has 0 bridgehead atoms. The topological polar surface area (TPSA) is 141 Å². The summed E-state index contributed by atoms with van der Waals surface area (Å²) in [7, 11) is 0. The minimum atomic E-state index is -5.21. The first-order valence-electron chi connectivity index (χ1n) is 13.7. The molecule has 3 saturated heterocycles. The van der Waals surface area contributed by atoms with Gasteiger partial charge in [-0.2, -0.15) is 18.4 Å². The van der Waals surface area contributed by atoms with Crippen molar-refractivity contribution in [1.29, 1.82) is 5.26 Å². The van der Waals surface area contributed by atoms with Gasteiger partial charge in [-0.25, -0.2) is 0 Å². The number of nitrogens with zero attached hydrogens (tertiary/aromatic N) is 2. The normalized spacial score (nSPS) is 32.9. The predicted molar refractivity (Wildman–Crippen MR) is 135 cm³/mol. The summed E-state index contributed by atoms with van der Waals surface area (Å²) in [4.78, 5) is 52.9. The minimum Gasteiger partial charge on any atom is -0.370 e. The van der Waals surface area contributed by atoms with Gasteiger partial charge in [0.1, 0.15) is 18.1 Å². The molecule has 3 aliphatic heterocycles. The highest BCUT2D eigenvalue weighted by Gasteiger charge is 2.70. The highest BCUT2D eigenvalue weighted by Crippen LogP contribution is 2.65. The Hall–Kier alpha value is -2.88. The predicted octanol–water partition coefficient (Wildman–Crippen LogP) is 1.79. The van der Waals surface area contributed by atoms with E-state index >= 15 is 0 Å². The zero-order valence-electron chi connectivity index (χ0n) is 23.6. The van der Waals surface area contributed by atoms with Gasteiger partial charge in [0.15, 0.2) is 0 Å². The average molecular weight is 570 g/mol. The van der Waals surface area contributed by atoms with Crippen molar-refractivity contribution in [3.8, 4) is 6.07 Å². The second-order valence-corrected chi connectivity index (χ2v) is 13.5. The van der Waals surface area contributed by atoms with Gasteiger partial charge in [0.05, 0.1) is 17.8 Å². The lowest BCUT2D eigenvalue weighted by atomic mass is 9.91. The minimum absolute atomic E-state index is 0.0750. The van der Waals surface area contributed by atoms with Crippen molar-refractivity contribution in [2.45, 2.75) is 109 Å². The summed E-state index contributed by atoms with van der Waals surface area (Å²) < 4.78 is 45.4. The van der Waals surface area contributed by atoms with E-state index in [-0.39, 0.29) is 42.5 Å². The van der Waals surface area contributed by atoms with Crippen LogP contribution in [0, 0.1) is 34.5 Å². The molecule has 0 aromatic rings. The summed E-state index contributed by atoms with van der Waals surface area (Å²) in [5.41, 5.74) is -1.43. The molecule has 222 valence electrons. The van der Waals surface area contributed by atoms with Crippen LogP contribution in [0.5, 0.6) is 0 Å². The molecule has 4 rings (SSSR count). The lowest BCUT2D eigenvalue weighted by Gasteiger charge is -2.35. The first-order valence-corrected chi connectivity index (χ1v) is 13.7. The van der Waals surface area contributed by atoms with Crippen LogP contribution in [0.4, 0.5) is 13.2 Å². The molecule has 3 N–H and O–H groups in total. The van der Waals surface area contributed by atoms with Crippen molar-refractivity contribution in [3.05, 3.63) is 0 Å². The van der Waals surface area contributed by atoms with E-state index in [0.717, 1.165) is 0 Å². The van der Waals surface area contributed by atoms with Crippen molar-refractivity contribution in [2.75, 3.05) is 6.54 Å². The molecule has 4 amide bonds. The first-order chi connectivity index (χ1) is 18.3. The van der Waals surface area contributed by atoms with Gasteiger partial charge in [-0.05, 0) is 70.6 Å². The molecule has 1 saturated carbocycles. The van der Waals surface area contributed by atoms with Crippen LogP contribution in [-0.2, 0) is 23.9 Å². The molecule has 0 aromatic heterocycles. The van der Waals surface area contributed by atoms with Crippen LogP contribution in [0.2, 0.25) is 0 Å². The largest absolute Gasteiger partial charge is 0.471 e. The summed E-state index contributed by atoms with van der Waals surface area (Å²) in [6, 6.07) is -1.66. The van der Waals surface area contributed by atoms with Crippen molar-refractivity contribution in [1.82, 2.24) is 20.9 Å². The third kappa shape index (κ3) is 5.78. The number of nitriles is 1. The monoisotopic (exact) mass is 569 g/mol. The number of carbonyl (C=O) groups is 4. The van der Waals surface area contributed by atoms with E-state index in [2.05, 4.69) is 10.6 Å². The Labute approximate surface area is 231 Å². The second kappa shape index (κ2) is 9.89. The molecule has 0 aromatic carbocycles. The molecule has 10 nitrogen and oxygen atoms in total. The van der Waals surface area contributed by atoms with Crippen LogP contribution in [0.25, 0.3) is 0 Å². The van der Waals surface area contributed by atoms with E-state index in [1.807, 2.05) is 39.1 Å². The molecule has 1 unspecified atom stereocenters. The van der Waals surface area contributed by atoms with Crippen LogP contribution < -0.4 is 16.0 Å². The number of alkyl halides is 3. The Kier molecular flexibility index (Phi) is 7.44. The maximum Gasteiger partial charge on any atom is 0.471 e. The summed E-state index contributed by atoms with van der Waals surface area (Å²) >= 11 is 0. The highest BCUT2D eigenvalue weighted by molar-refractivity contribution is 5.95. The van der Waals surface area contributed by atoms with Crippen LogP contribution in [0.1, 0.15) is 67.2 Å². The number of ether oxygens (including phenoxy) is 1. The van der Waals surface area contributed by atoms with Gasteiger partial charge in [-0.3, -0.25) is 19.2 Å². The fourth-order valence-electron chi connectivity index (χ4n) is 6.85. The summed E-state index contributed by atoms with van der Waals surface area (Å²) in [5, 5.41) is 17.1. The lowest BCUT2D eigenvalue weighted by molar-refractivity contribution is -0.177. The molecule has 0 spiro atoms. The maximum atomic E-state index is 13.8. The standard InChI is InChI=1S/C27H38F3N5O5/c1-24(2)10-13(20(36)34-24)9-14(11-31)32-21(37)19-17-15(26(17,5)6)12-35(19)22(38)18(33-23(39)27(28,29)30)16-7-8-25(3,4)40-16/h13-19H,7-10,12H2,1-6H3,(H,32,37)(H,33,39)(H,34,36)/t13-,14+,15+,16?,17+,18+,19+/m1/s1. The number of rotatable bonds is 7. The Morgan fingerprint density at radius 2 is 1.82 bits per heavy atom. The van der Waals surface area contributed by atoms with E-state index < -0.39 is 65.2 Å². The third-order valence-electron chi connectivity index (χ3n) is 9.03. The second-order valence-electron chi connectivity index (χ2n) is 13.5. The average Bonchev–Trinajstić information content (AvgIpc) is 3.21. The highest BCUT2D eigenvalue weighted by atomic mass is 19.4. The summed E-state index contributed by atoms with van der Waals surface area (Å²) in [6.07, 6.45) is -4.91. The molecule has 1 aliphatic carbocycles. The van der Waals surface area contributed by atoms with Crippen LogP contribution >= 0.6 is 0 Å². The Balaban J connectivity index is 1.54. The molecule has 40 heavy (non-hydrogen) atoms. The van der Waals surface area contributed by atoms with Crippen molar-refractivity contribution >= 4 is 23.6 Å². The van der Waals surface area contributed by atoms with Gasteiger partial charge in [-0.15, -0.1) is 0 Å². The van der Waals surface area contributed by atoms with E-state index in [4.69, 9.17) is 4.74 Å². The number of carbonyl (C=O) groups excluding carboxylic acids is 4. The SMILES string of the molecule is CC1(C)C[C@@H](C[C@@H](C#N)NC(=O)[C@@H]2[C@@H]3[C@H](CN2C(=O)[C@@H](NC(=O)C(F)(F)F)C2CCC(C)(C)O2)C3(C)C)C(=O)N1.